The van der Waals surface area contributed by atoms with Crippen LogP contribution in [-0.4, -0.2) is 33.2 Å². The topological polar surface area (TPSA) is 69.0 Å². The van der Waals surface area contributed by atoms with E-state index in [1.165, 1.54) is 6.07 Å². The second-order valence-corrected chi connectivity index (χ2v) is 8.22. The first-order valence-electron chi connectivity index (χ1n) is 11.2. The van der Waals surface area contributed by atoms with Gasteiger partial charge in [-0.1, -0.05) is 30.3 Å². The molecular weight excluding hydrogens is 419 g/mol. The van der Waals surface area contributed by atoms with Crippen LogP contribution in [0.5, 0.6) is 0 Å². The van der Waals surface area contributed by atoms with Gasteiger partial charge in [0.05, 0.1) is 6.61 Å². The summed E-state index contributed by atoms with van der Waals surface area (Å²) < 4.78 is 21.2. The maximum absolute atomic E-state index is 14.1. The Morgan fingerprint density at radius 3 is 2.70 bits per heavy atom. The number of ether oxygens (including phenoxy) is 1. The largest absolute Gasteiger partial charge is 0.465 e. The zero-order valence-corrected chi connectivity index (χ0v) is 18.4. The smallest absolute Gasteiger partial charge is 0.325 e. The third-order valence-electron chi connectivity index (χ3n) is 6.11. The number of nitrogens with one attached hydrogen (secondary N) is 1. The number of hydrogen-bond acceptors (Lipinski definition) is 5. The van der Waals surface area contributed by atoms with Crippen LogP contribution in [0.15, 0.2) is 60.9 Å². The first-order chi connectivity index (χ1) is 16.1. The van der Waals surface area contributed by atoms with Crippen molar-refractivity contribution in [3.8, 4) is 11.1 Å². The Bertz CT molecular complexity index is 1290. The van der Waals surface area contributed by atoms with Crippen LogP contribution < -0.4 is 5.32 Å². The van der Waals surface area contributed by atoms with Gasteiger partial charge < -0.3 is 14.6 Å². The molecule has 0 radical (unpaired) electrons. The first-order valence-corrected chi connectivity index (χ1v) is 11.2. The predicted molar refractivity (Wildman–Crippen MR) is 125 cm³/mol. The summed E-state index contributed by atoms with van der Waals surface area (Å²) in [5.41, 5.74) is 5.03. The number of benzene rings is 2. The van der Waals surface area contributed by atoms with E-state index in [-0.39, 0.29) is 24.4 Å². The average molecular weight is 445 g/mol. The molecule has 0 fully saturated rings. The minimum atomic E-state index is -0.284. The van der Waals surface area contributed by atoms with E-state index >= 15 is 0 Å². The summed E-state index contributed by atoms with van der Waals surface area (Å²) in [6, 6.07) is 14.9. The van der Waals surface area contributed by atoms with Gasteiger partial charge in [0.15, 0.2) is 0 Å². The van der Waals surface area contributed by atoms with E-state index < -0.39 is 0 Å². The average Bonchev–Trinajstić information content (AvgIpc) is 3.12. The van der Waals surface area contributed by atoms with Crippen molar-refractivity contribution in [1.82, 2.24) is 14.5 Å². The molecule has 0 aliphatic heterocycles. The molecular formula is C26H25FN4O2. The van der Waals surface area contributed by atoms with Crippen molar-refractivity contribution in [2.24, 2.45) is 0 Å². The van der Waals surface area contributed by atoms with E-state index in [9.17, 15) is 9.18 Å². The van der Waals surface area contributed by atoms with E-state index in [0.717, 1.165) is 46.1 Å². The lowest BCUT2D eigenvalue weighted by Gasteiger charge is -2.25. The van der Waals surface area contributed by atoms with Crippen molar-refractivity contribution in [2.45, 2.75) is 38.8 Å². The Morgan fingerprint density at radius 1 is 1.15 bits per heavy atom. The van der Waals surface area contributed by atoms with Gasteiger partial charge in [-0.2, -0.15) is 0 Å². The molecule has 2 aromatic heterocycles. The summed E-state index contributed by atoms with van der Waals surface area (Å²) in [6.07, 6.45) is 5.97. The zero-order chi connectivity index (χ0) is 22.8. The number of fused-ring (bicyclic) bond motifs is 3. The van der Waals surface area contributed by atoms with Gasteiger partial charge in [-0.3, -0.25) is 4.79 Å². The van der Waals surface area contributed by atoms with Crippen molar-refractivity contribution < 1.29 is 13.9 Å². The molecule has 2 heterocycles. The van der Waals surface area contributed by atoms with E-state index in [0.29, 0.717) is 19.0 Å². The Morgan fingerprint density at radius 2 is 1.94 bits per heavy atom. The number of carbonyl (C=O) groups excluding carboxylic acids is 1. The highest BCUT2D eigenvalue weighted by molar-refractivity contribution is 5.87. The lowest BCUT2D eigenvalue weighted by molar-refractivity contribution is -0.143. The van der Waals surface area contributed by atoms with Crippen molar-refractivity contribution >= 4 is 22.8 Å². The molecule has 168 valence electrons. The third kappa shape index (κ3) is 4.31. The van der Waals surface area contributed by atoms with Crippen molar-refractivity contribution in [1.29, 1.82) is 0 Å². The van der Waals surface area contributed by atoms with Crippen LogP contribution in [-0.2, 0) is 28.9 Å². The fourth-order valence-corrected chi connectivity index (χ4v) is 4.63. The second-order valence-electron chi connectivity index (χ2n) is 8.22. The number of anilines is 1. The van der Waals surface area contributed by atoms with Crippen molar-refractivity contribution in [3.63, 3.8) is 0 Å². The molecule has 0 spiro atoms. The molecule has 0 saturated carbocycles. The molecule has 5 rings (SSSR count). The van der Waals surface area contributed by atoms with Crippen LogP contribution in [0.1, 0.15) is 24.6 Å². The molecule has 7 heteroatoms. The molecule has 0 amide bonds. The van der Waals surface area contributed by atoms with Gasteiger partial charge in [0.25, 0.3) is 0 Å². The van der Waals surface area contributed by atoms with Crippen LogP contribution in [0, 0.1) is 5.82 Å². The second kappa shape index (κ2) is 9.02. The first kappa shape index (κ1) is 21.1. The van der Waals surface area contributed by atoms with Crippen LogP contribution in [0.25, 0.3) is 22.0 Å². The lowest BCUT2D eigenvalue weighted by Crippen LogP contribution is -2.29. The monoisotopic (exact) mass is 444 g/mol. The number of rotatable bonds is 6. The van der Waals surface area contributed by atoms with Crippen molar-refractivity contribution in [2.75, 3.05) is 11.9 Å². The molecule has 33 heavy (non-hydrogen) atoms. The number of aromatic nitrogens is 3. The normalized spacial score (nSPS) is 15.3. The number of halogens is 1. The van der Waals surface area contributed by atoms with Gasteiger partial charge in [-0.25, -0.2) is 14.4 Å². The van der Waals surface area contributed by atoms with Crippen LogP contribution in [0.3, 0.4) is 0 Å². The molecule has 6 nitrogen and oxygen atoms in total. The fraction of sp³-hybridized carbons (Fsp3) is 0.269. The summed E-state index contributed by atoms with van der Waals surface area (Å²) in [7, 11) is 0. The fourth-order valence-electron chi connectivity index (χ4n) is 4.63. The SMILES string of the molecule is CCOC(=O)Cn1c2c(c3cc(F)ccc31)C[C@@H](Nc1ncc(-c3ccccc3)cn1)CC2. The van der Waals surface area contributed by atoms with E-state index in [1.54, 1.807) is 19.1 Å². The van der Waals surface area contributed by atoms with Gasteiger partial charge >= 0.3 is 5.97 Å². The van der Waals surface area contributed by atoms with E-state index in [4.69, 9.17) is 4.74 Å². The minimum Gasteiger partial charge on any atom is -0.465 e. The third-order valence-corrected chi connectivity index (χ3v) is 6.11. The number of hydrogen-bond donors (Lipinski definition) is 1. The number of carbonyl (C=O) groups is 1. The standard InChI is InChI=1S/C26H25FN4O2/c1-2-33-25(32)16-31-23-10-8-19(27)12-21(23)22-13-20(9-11-24(22)31)30-26-28-14-18(15-29-26)17-6-4-3-5-7-17/h3-8,10,12,14-15,20H,2,9,11,13,16H2,1H3,(H,28,29,30)/t20-/m0/s1. The van der Waals surface area contributed by atoms with Gasteiger partial charge in [-0.15, -0.1) is 0 Å². The molecule has 1 aliphatic rings. The molecule has 1 aliphatic carbocycles. The highest BCUT2D eigenvalue weighted by Gasteiger charge is 2.27. The molecule has 4 aromatic rings. The Balaban J connectivity index is 1.39. The molecule has 2 aromatic carbocycles. The Labute approximate surface area is 191 Å². The Kier molecular flexibility index (Phi) is 5.77. The van der Waals surface area contributed by atoms with Gasteiger partial charge in [-0.05, 0) is 55.5 Å². The predicted octanol–water partition coefficient (Wildman–Crippen LogP) is 4.77. The summed E-state index contributed by atoms with van der Waals surface area (Å²) in [4.78, 5) is 21.2. The summed E-state index contributed by atoms with van der Waals surface area (Å²) in [5.74, 6) is 0.00625. The molecule has 0 bridgehead atoms. The zero-order valence-electron chi connectivity index (χ0n) is 18.4. The summed E-state index contributed by atoms with van der Waals surface area (Å²) >= 11 is 0. The van der Waals surface area contributed by atoms with E-state index in [1.807, 2.05) is 47.3 Å². The number of esters is 1. The summed E-state index contributed by atoms with van der Waals surface area (Å²) in [5, 5.41) is 4.28. The maximum atomic E-state index is 14.1. The lowest BCUT2D eigenvalue weighted by atomic mass is 9.91. The molecule has 0 unspecified atom stereocenters. The van der Waals surface area contributed by atoms with E-state index in [2.05, 4.69) is 15.3 Å². The van der Waals surface area contributed by atoms with Gasteiger partial charge in [0, 0.05) is 40.6 Å². The summed E-state index contributed by atoms with van der Waals surface area (Å²) in [6.45, 7) is 2.26. The number of nitrogens with zero attached hydrogens (tertiary/aromatic N) is 3. The van der Waals surface area contributed by atoms with Crippen molar-refractivity contribution in [3.05, 3.63) is 78.0 Å². The van der Waals surface area contributed by atoms with Crippen LogP contribution >= 0.6 is 0 Å². The molecule has 1 atom stereocenters. The Hall–Kier alpha value is -3.74. The van der Waals surface area contributed by atoms with Crippen LogP contribution in [0.2, 0.25) is 0 Å². The molecule has 1 N–H and O–H groups in total. The highest BCUT2D eigenvalue weighted by Crippen LogP contribution is 2.33. The minimum absolute atomic E-state index is 0.116. The highest BCUT2D eigenvalue weighted by atomic mass is 19.1. The van der Waals surface area contributed by atoms with Gasteiger partial charge in [0.1, 0.15) is 12.4 Å². The maximum Gasteiger partial charge on any atom is 0.325 e. The van der Waals surface area contributed by atoms with Crippen LogP contribution in [0.4, 0.5) is 10.3 Å². The quantitative estimate of drug-likeness (QED) is 0.434. The van der Waals surface area contributed by atoms with Gasteiger partial charge in [0.2, 0.25) is 5.95 Å². The molecule has 0 saturated heterocycles.